The van der Waals surface area contributed by atoms with Crippen molar-refractivity contribution in [3.05, 3.63) is 56.2 Å². The monoisotopic (exact) mass is 364 g/mol. The van der Waals surface area contributed by atoms with E-state index >= 15 is 0 Å². The van der Waals surface area contributed by atoms with Gasteiger partial charge in [0.05, 0.1) is 17.6 Å². The quantitative estimate of drug-likeness (QED) is 0.695. The van der Waals surface area contributed by atoms with Gasteiger partial charge >= 0.3 is 0 Å². The third kappa shape index (κ3) is 2.41. The molecule has 0 spiro atoms. The summed E-state index contributed by atoms with van der Waals surface area (Å²) >= 11 is 12.0. The topological polar surface area (TPSA) is 68.9 Å². The van der Waals surface area contributed by atoms with Crippen molar-refractivity contribution in [2.45, 2.75) is 6.61 Å². The molecule has 5 nitrogen and oxygen atoms in total. The van der Waals surface area contributed by atoms with Crippen LogP contribution in [-0.4, -0.2) is 11.9 Å². The molecule has 1 aromatic heterocycles. The summed E-state index contributed by atoms with van der Waals surface area (Å²) in [7, 11) is 0. The number of benzene rings is 2. The molecule has 0 saturated heterocycles. The summed E-state index contributed by atoms with van der Waals surface area (Å²) in [4.78, 5) is 12.5. The molecule has 4 rings (SSSR count). The molecule has 0 atom stereocenters. The van der Waals surface area contributed by atoms with Crippen molar-refractivity contribution in [2.75, 3.05) is 6.79 Å². The zero-order valence-electron chi connectivity index (χ0n) is 12.1. The van der Waals surface area contributed by atoms with Gasteiger partial charge in [-0.1, -0.05) is 23.2 Å². The van der Waals surface area contributed by atoms with Gasteiger partial charge in [-0.2, -0.15) is 0 Å². The number of hydrogen-bond acceptors (Lipinski definition) is 5. The van der Waals surface area contributed by atoms with Crippen molar-refractivity contribution in [1.82, 2.24) is 0 Å². The molecular formula is C17H10Cl2O5. The van der Waals surface area contributed by atoms with Crippen molar-refractivity contribution in [3.63, 3.8) is 0 Å². The van der Waals surface area contributed by atoms with Gasteiger partial charge in [-0.15, -0.1) is 0 Å². The second kappa shape index (κ2) is 5.70. The third-order valence-corrected chi connectivity index (χ3v) is 4.20. The van der Waals surface area contributed by atoms with Crippen LogP contribution in [0.1, 0.15) is 5.56 Å². The molecule has 0 radical (unpaired) electrons. The minimum Gasteiger partial charge on any atom is -0.502 e. The normalized spacial score (nSPS) is 13.6. The van der Waals surface area contributed by atoms with Gasteiger partial charge in [0.1, 0.15) is 11.3 Å². The molecule has 0 bridgehead atoms. The van der Waals surface area contributed by atoms with Crippen LogP contribution in [0.25, 0.3) is 22.3 Å². The average molecular weight is 365 g/mol. The summed E-state index contributed by atoms with van der Waals surface area (Å²) in [5.41, 5.74) is 0.835. The van der Waals surface area contributed by atoms with E-state index in [1.54, 1.807) is 24.3 Å². The minimum absolute atomic E-state index is 0.00419. The third-order valence-electron chi connectivity index (χ3n) is 3.75. The predicted octanol–water partition coefficient (Wildman–Crippen LogP) is 4.34. The highest BCUT2D eigenvalue weighted by Crippen LogP contribution is 2.41. The van der Waals surface area contributed by atoms with Crippen molar-refractivity contribution in [2.24, 2.45) is 0 Å². The van der Waals surface area contributed by atoms with Crippen LogP contribution in [-0.2, 0) is 11.3 Å². The van der Waals surface area contributed by atoms with Gasteiger partial charge in [-0.3, -0.25) is 4.79 Å². The molecule has 0 aliphatic carbocycles. The fourth-order valence-corrected chi connectivity index (χ4v) is 3.10. The van der Waals surface area contributed by atoms with Crippen LogP contribution in [0, 0.1) is 0 Å². The summed E-state index contributed by atoms with van der Waals surface area (Å²) in [5.74, 6) is -0.0581. The van der Waals surface area contributed by atoms with Crippen LogP contribution in [0.5, 0.6) is 11.5 Å². The smallest absolute Gasteiger partial charge is 0.235 e. The molecular weight excluding hydrogens is 355 g/mol. The Bertz CT molecular complexity index is 1030. The van der Waals surface area contributed by atoms with Crippen LogP contribution in [0.4, 0.5) is 0 Å². The zero-order chi connectivity index (χ0) is 16.8. The Kier molecular flexibility index (Phi) is 3.64. The van der Waals surface area contributed by atoms with Gasteiger partial charge in [0.2, 0.25) is 11.2 Å². The fourth-order valence-electron chi connectivity index (χ4n) is 2.69. The van der Waals surface area contributed by atoms with Gasteiger partial charge in [0.15, 0.2) is 12.6 Å². The van der Waals surface area contributed by atoms with Gasteiger partial charge in [0, 0.05) is 15.6 Å². The molecule has 1 aliphatic rings. The molecule has 1 aliphatic heterocycles. The summed E-state index contributed by atoms with van der Waals surface area (Å²) in [6.07, 6.45) is 0. The van der Waals surface area contributed by atoms with Gasteiger partial charge in [-0.25, -0.2) is 0 Å². The lowest BCUT2D eigenvalue weighted by molar-refractivity contribution is -0.0160. The molecule has 0 unspecified atom stereocenters. The lowest BCUT2D eigenvalue weighted by Crippen LogP contribution is -2.12. The van der Waals surface area contributed by atoms with Crippen molar-refractivity contribution >= 4 is 34.2 Å². The Balaban J connectivity index is 2.04. The number of rotatable bonds is 1. The van der Waals surface area contributed by atoms with Gasteiger partial charge < -0.3 is 19.0 Å². The van der Waals surface area contributed by atoms with E-state index in [0.29, 0.717) is 39.1 Å². The van der Waals surface area contributed by atoms with E-state index in [0.717, 1.165) is 0 Å². The molecule has 0 amide bonds. The molecule has 7 heteroatoms. The van der Waals surface area contributed by atoms with Crippen molar-refractivity contribution in [1.29, 1.82) is 0 Å². The molecule has 0 saturated carbocycles. The maximum Gasteiger partial charge on any atom is 0.235 e. The molecule has 1 N–H and O–H groups in total. The highest BCUT2D eigenvalue weighted by molar-refractivity contribution is 6.31. The standard InChI is InChI=1S/C17H10Cl2O5/c18-9-1-2-13-11(4-9)14(20)15(21)17(24-13)12-5-10(19)3-8-6-22-7-23-16(8)12/h1-5,21H,6-7H2. The van der Waals surface area contributed by atoms with E-state index < -0.39 is 11.2 Å². The van der Waals surface area contributed by atoms with Crippen LogP contribution < -0.4 is 10.2 Å². The highest BCUT2D eigenvalue weighted by atomic mass is 35.5. The lowest BCUT2D eigenvalue weighted by atomic mass is 10.0. The molecule has 2 aromatic carbocycles. The van der Waals surface area contributed by atoms with Crippen molar-refractivity contribution in [3.8, 4) is 22.8 Å². The first-order chi connectivity index (χ1) is 11.5. The average Bonchev–Trinajstić information content (AvgIpc) is 2.58. The Morgan fingerprint density at radius 3 is 2.75 bits per heavy atom. The van der Waals surface area contributed by atoms with Crippen molar-refractivity contribution < 1.29 is 19.0 Å². The summed E-state index contributed by atoms with van der Waals surface area (Å²) in [5, 5.41) is 11.3. The Morgan fingerprint density at radius 1 is 1.08 bits per heavy atom. The lowest BCUT2D eigenvalue weighted by Gasteiger charge is -2.21. The molecule has 0 fully saturated rings. The van der Waals surface area contributed by atoms with E-state index in [1.807, 2.05) is 0 Å². The number of fused-ring (bicyclic) bond motifs is 2. The number of hydrogen-bond donors (Lipinski definition) is 1. The molecule has 3 aromatic rings. The van der Waals surface area contributed by atoms with Gasteiger partial charge in [-0.05, 0) is 30.3 Å². The maximum absolute atomic E-state index is 12.5. The first-order valence-electron chi connectivity index (χ1n) is 7.03. The second-order valence-electron chi connectivity index (χ2n) is 5.30. The largest absolute Gasteiger partial charge is 0.502 e. The minimum atomic E-state index is -0.575. The van der Waals surface area contributed by atoms with Crippen LogP contribution in [0.2, 0.25) is 10.0 Å². The zero-order valence-corrected chi connectivity index (χ0v) is 13.6. The number of halogens is 2. The van der Waals surface area contributed by atoms with E-state index in [1.165, 1.54) is 6.07 Å². The maximum atomic E-state index is 12.5. The van der Waals surface area contributed by atoms with E-state index in [2.05, 4.69) is 0 Å². The van der Waals surface area contributed by atoms with Crippen LogP contribution >= 0.6 is 23.2 Å². The van der Waals surface area contributed by atoms with E-state index in [4.69, 9.17) is 37.1 Å². The highest BCUT2D eigenvalue weighted by Gasteiger charge is 2.23. The predicted molar refractivity (Wildman–Crippen MR) is 89.9 cm³/mol. The molecule has 122 valence electrons. The number of ether oxygens (including phenoxy) is 2. The van der Waals surface area contributed by atoms with Crippen LogP contribution in [0.15, 0.2) is 39.5 Å². The first kappa shape index (κ1) is 15.3. The second-order valence-corrected chi connectivity index (χ2v) is 6.17. The summed E-state index contributed by atoms with van der Waals surface area (Å²) < 4.78 is 16.5. The fraction of sp³-hybridized carbons (Fsp3) is 0.118. The van der Waals surface area contributed by atoms with Crippen LogP contribution in [0.3, 0.4) is 0 Å². The Hall–Kier alpha value is -2.21. The molecule has 24 heavy (non-hydrogen) atoms. The number of aromatic hydroxyl groups is 1. The summed E-state index contributed by atoms with van der Waals surface area (Å²) in [6, 6.07) is 7.90. The van der Waals surface area contributed by atoms with Gasteiger partial charge in [0.25, 0.3) is 0 Å². The Morgan fingerprint density at radius 2 is 1.92 bits per heavy atom. The first-order valence-corrected chi connectivity index (χ1v) is 7.79. The summed E-state index contributed by atoms with van der Waals surface area (Å²) in [6.45, 7) is 0.382. The van der Waals surface area contributed by atoms with E-state index in [9.17, 15) is 9.90 Å². The Labute approximate surface area is 145 Å². The SMILES string of the molecule is O=c1c(O)c(-c2cc(Cl)cc3c2OCOC3)oc2ccc(Cl)cc12. The van der Waals surface area contributed by atoms with E-state index in [-0.39, 0.29) is 17.9 Å². The molecule has 2 heterocycles.